The monoisotopic (exact) mass is 236 g/mol. The van der Waals surface area contributed by atoms with Crippen molar-refractivity contribution in [2.75, 3.05) is 13.1 Å². The van der Waals surface area contributed by atoms with Gasteiger partial charge in [0.25, 0.3) is 6.43 Å². The van der Waals surface area contributed by atoms with Crippen molar-refractivity contribution in [2.45, 2.75) is 38.8 Å². The molecule has 0 aromatic carbocycles. The Morgan fingerprint density at radius 3 is 2.31 bits per heavy atom. The fourth-order valence-electron chi connectivity index (χ4n) is 1.44. The Labute approximate surface area is 93.7 Å². The third-order valence-corrected chi connectivity index (χ3v) is 2.40. The zero-order valence-corrected chi connectivity index (χ0v) is 9.74. The Morgan fingerprint density at radius 2 is 1.94 bits per heavy atom. The van der Waals surface area contributed by atoms with E-state index < -0.39 is 24.2 Å². The Balaban J connectivity index is 2.33. The molecule has 1 amide bonds. The van der Waals surface area contributed by atoms with Gasteiger partial charge < -0.3 is 15.4 Å². The van der Waals surface area contributed by atoms with Crippen LogP contribution in [0, 0.1) is 5.92 Å². The molecule has 1 saturated heterocycles. The van der Waals surface area contributed by atoms with E-state index in [0.29, 0.717) is 0 Å². The lowest BCUT2D eigenvalue weighted by Gasteiger charge is -2.42. The van der Waals surface area contributed by atoms with Crippen LogP contribution in [0.15, 0.2) is 0 Å². The predicted octanol–water partition coefficient (Wildman–Crippen LogP) is 1.45. The summed E-state index contributed by atoms with van der Waals surface area (Å²) in [7, 11) is 0. The van der Waals surface area contributed by atoms with Gasteiger partial charge in [0.15, 0.2) is 0 Å². The quantitative estimate of drug-likeness (QED) is 0.789. The first-order valence-electron chi connectivity index (χ1n) is 5.22. The first kappa shape index (κ1) is 13.2. The van der Waals surface area contributed by atoms with Crippen molar-refractivity contribution in [1.82, 2.24) is 4.90 Å². The number of nitrogens with two attached hydrogens (primary N) is 1. The summed E-state index contributed by atoms with van der Waals surface area (Å²) in [5, 5.41) is 0. The number of halogens is 2. The van der Waals surface area contributed by atoms with E-state index in [1.54, 1.807) is 20.8 Å². The third kappa shape index (κ3) is 3.30. The van der Waals surface area contributed by atoms with Crippen LogP contribution in [0.3, 0.4) is 0 Å². The van der Waals surface area contributed by atoms with Crippen molar-refractivity contribution in [1.29, 1.82) is 0 Å². The van der Waals surface area contributed by atoms with Gasteiger partial charge in [0.1, 0.15) is 5.60 Å². The first-order chi connectivity index (χ1) is 7.20. The maximum absolute atomic E-state index is 12.2. The van der Waals surface area contributed by atoms with Gasteiger partial charge >= 0.3 is 6.09 Å². The van der Waals surface area contributed by atoms with Crippen molar-refractivity contribution >= 4 is 6.09 Å². The molecule has 1 aliphatic rings. The predicted molar refractivity (Wildman–Crippen MR) is 55.3 cm³/mol. The van der Waals surface area contributed by atoms with Crippen molar-refractivity contribution in [3.05, 3.63) is 0 Å². The number of carbonyl (C=O) groups is 1. The Morgan fingerprint density at radius 1 is 1.44 bits per heavy atom. The molecule has 1 heterocycles. The van der Waals surface area contributed by atoms with Gasteiger partial charge in [-0.05, 0) is 20.8 Å². The minimum Gasteiger partial charge on any atom is -0.444 e. The third-order valence-electron chi connectivity index (χ3n) is 2.40. The lowest BCUT2D eigenvalue weighted by Crippen LogP contribution is -2.59. The Bertz CT molecular complexity index is 260. The molecule has 1 aliphatic heterocycles. The summed E-state index contributed by atoms with van der Waals surface area (Å²) in [5.74, 6) is -0.326. The van der Waals surface area contributed by atoms with Crippen LogP contribution in [0.4, 0.5) is 13.6 Å². The molecule has 0 spiro atoms. The minimum absolute atomic E-state index is 0.250. The van der Waals surface area contributed by atoms with Crippen molar-refractivity contribution < 1.29 is 18.3 Å². The van der Waals surface area contributed by atoms with Crippen LogP contribution in [0.2, 0.25) is 0 Å². The zero-order chi connectivity index (χ0) is 12.5. The van der Waals surface area contributed by atoms with E-state index in [1.807, 2.05) is 0 Å². The highest BCUT2D eigenvalue weighted by Gasteiger charge is 2.39. The highest BCUT2D eigenvalue weighted by molar-refractivity contribution is 5.69. The van der Waals surface area contributed by atoms with Gasteiger partial charge in [-0.1, -0.05) is 0 Å². The van der Waals surface area contributed by atoms with E-state index in [9.17, 15) is 13.6 Å². The normalized spacial score (nSPS) is 19.6. The molecule has 6 heteroatoms. The first-order valence-corrected chi connectivity index (χ1v) is 5.22. The Hall–Kier alpha value is -0.910. The van der Waals surface area contributed by atoms with Gasteiger partial charge in [0, 0.05) is 19.0 Å². The van der Waals surface area contributed by atoms with Gasteiger partial charge in [-0.2, -0.15) is 0 Å². The number of likely N-dealkylation sites (tertiary alicyclic amines) is 1. The molecule has 94 valence electrons. The van der Waals surface area contributed by atoms with E-state index in [0.717, 1.165) is 0 Å². The molecule has 0 aromatic rings. The van der Waals surface area contributed by atoms with Crippen LogP contribution >= 0.6 is 0 Å². The number of nitrogens with zero attached hydrogens (tertiary/aromatic N) is 1. The molecule has 0 bridgehead atoms. The second-order valence-corrected chi connectivity index (χ2v) is 5.06. The molecule has 2 N–H and O–H groups in total. The molecule has 1 atom stereocenters. The summed E-state index contributed by atoms with van der Waals surface area (Å²) in [5.41, 5.74) is 4.72. The van der Waals surface area contributed by atoms with Gasteiger partial charge in [0.2, 0.25) is 0 Å². The summed E-state index contributed by atoms with van der Waals surface area (Å²) in [6.07, 6.45) is -3.00. The number of amides is 1. The maximum Gasteiger partial charge on any atom is 0.410 e. The van der Waals surface area contributed by atoms with E-state index in [1.165, 1.54) is 4.90 Å². The van der Waals surface area contributed by atoms with E-state index in [-0.39, 0.29) is 19.0 Å². The summed E-state index contributed by atoms with van der Waals surface area (Å²) in [6, 6.07) is -1.15. The molecule has 1 fully saturated rings. The van der Waals surface area contributed by atoms with Gasteiger partial charge in [-0.3, -0.25) is 0 Å². The number of rotatable bonds is 2. The second kappa shape index (κ2) is 4.53. The Kier molecular flexibility index (Phi) is 3.72. The minimum atomic E-state index is -2.54. The van der Waals surface area contributed by atoms with Crippen molar-refractivity contribution in [2.24, 2.45) is 11.7 Å². The lowest BCUT2D eigenvalue weighted by atomic mass is 9.93. The summed E-state index contributed by atoms with van der Waals surface area (Å²) in [4.78, 5) is 12.8. The molecule has 0 aromatic heterocycles. The van der Waals surface area contributed by atoms with E-state index >= 15 is 0 Å². The number of hydrogen-bond acceptors (Lipinski definition) is 3. The fourth-order valence-corrected chi connectivity index (χ4v) is 1.44. The molecule has 16 heavy (non-hydrogen) atoms. The van der Waals surface area contributed by atoms with Crippen LogP contribution in [0.1, 0.15) is 20.8 Å². The number of carbonyl (C=O) groups excluding carboxylic acids is 1. The van der Waals surface area contributed by atoms with E-state index in [2.05, 4.69) is 0 Å². The fraction of sp³-hybridized carbons (Fsp3) is 0.900. The zero-order valence-electron chi connectivity index (χ0n) is 9.74. The van der Waals surface area contributed by atoms with Crippen LogP contribution in [-0.4, -0.2) is 42.2 Å². The van der Waals surface area contributed by atoms with Gasteiger partial charge in [0.05, 0.1) is 6.04 Å². The maximum atomic E-state index is 12.2. The summed E-state index contributed by atoms with van der Waals surface area (Å²) < 4.78 is 29.6. The van der Waals surface area contributed by atoms with Crippen LogP contribution in [0.25, 0.3) is 0 Å². The number of hydrogen-bond donors (Lipinski definition) is 1. The molecule has 0 saturated carbocycles. The van der Waals surface area contributed by atoms with Crippen molar-refractivity contribution in [3.63, 3.8) is 0 Å². The number of alkyl halides is 2. The second-order valence-electron chi connectivity index (χ2n) is 5.06. The summed E-state index contributed by atoms with van der Waals surface area (Å²) >= 11 is 0. The molecule has 0 radical (unpaired) electrons. The molecular formula is C10H18F2N2O2. The summed E-state index contributed by atoms with van der Waals surface area (Å²) in [6.45, 7) is 5.77. The molecule has 0 aliphatic carbocycles. The SMILES string of the molecule is CC(C)(C)OC(=O)N1CC(C(N)C(F)F)C1. The van der Waals surface area contributed by atoms with Gasteiger partial charge in [-0.25, -0.2) is 13.6 Å². The van der Waals surface area contributed by atoms with Crippen LogP contribution < -0.4 is 5.73 Å². The topological polar surface area (TPSA) is 55.6 Å². The molecule has 1 rings (SSSR count). The number of ether oxygens (including phenoxy) is 1. The van der Waals surface area contributed by atoms with Crippen molar-refractivity contribution in [3.8, 4) is 0 Å². The molecule has 1 unspecified atom stereocenters. The largest absolute Gasteiger partial charge is 0.444 e. The molecule has 4 nitrogen and oxygen atoms in total. The highest BCUT2D eigenvalue weighted by atomic mass is 19.3. The van der Waals surface area contributed by atoms with E-state index in [4.69, 9.17) is 10.5 Å². The average molecular weight is 236 g/mol. The smallest absolute Gasteiger partial charge is 0.410 e. The standard InChI is InChI=1S/C10H18F2N2O2/c1-10(2,3)16-9(15)14-4-6(5-14)7(13)8(11)12/h6-8H,4-5,13H2,1-3H3. The van der Waals surface area contributed by atoms with Gasteiger partial charge in [-0.15, -0.1) is 0 Å². The van der Waals surface area contributed by atoms with Crippen LogP contribution in [0.5, 0.6) is 0 Å². The van der Waals surface area contributed by atoms with Crippen LogP contribution in [-0.2, 0) is 4.74 Å². The lowest BCUT2D eigenvalue weighted by molar-refractivity contribution is -0.0201. The molecular weight excluding hydrogens is 218 g/mol. The average Bonchev–Trinajstić information content (AvgIpc) is 1.96. The highest BCUT2D eigenvalue weighted by Crippen LogP contribution is 2.23.